The molecule has 1 unspecified atom stereocenters. The normalized spacial score (nSPS) is 12.0. The molecule has 6 heteroatoms. The zero-order chi connectivity index (χ0) is 14.7. The molecule has 0 saturated heterocycles. The Bertz CT molecular complexity index is 722. The van der Waals surface area contributed by atoms with Crippen molar-refractivity contribution < 1.29 is 9.32 Å². The third-order valence-corrected chi connectivity index (χ3v) is 3.81. The molecule has 5 nitrogen and oxygen atoms in total. The summed E-state index contributed by atoms with van der Waals surface area (Å²) in [6.07, 6.45) is 0. The van der Waals surface area contributed by atoms with E-state index in [0.29, 0.717) is 16.6 Å². The quantitative estimate of drug-likeness (QED) is 0.802. The van der Waals surface area contributed by atoms with Crippen LogP contribution in [0.25, 0.3) is 11.4 Å². The summed E-state index contributed by atoms with van der Waals surface area (Å²) in [5.41, 5.74) is 0.879. The molecule has 1 N–H and O–H groups in total. The van der Waals surface area contributed by atoms with Crippen molar-refractivity contribution in [3.8, 4) is 11.4 Å². The van der Waals surface area contributed by atoms with Gasteiger partial charge in [0, 0.05) is 5.56 Å². The zero-order valence-electron chi connectivity index (χ0n) is 11.3. The first kappa shape index (κ1) is 13.5. The Labute approximate surface area is 125 Å². The maximum atomic E-state index is 12.0. The SMILES string of the molecule is CC(NC(=O)c1cccs1)c1nc(-c2ccccc2)no1. The van der Waals surface area contributed by atoms with Gasteiger partial charge in [0.25, 0.3) is 5.91 Å². The van der Waals surface area contributed by atoms with E-state index in [9.17, 15) is 4.79 Å². The van der Waals surface area contributed by atoms with Crippen molar-refractivity contribution in [1.29, 1.82) is 0 Å². The first-order valence-electron chi connectivity index (χ1n) is 6.47. The highest BCUT2D eigenvalue weighted by Crippen LogP contribution is 2.19. The lowest BCUT2D eigenvalue weighted by Crippen LogP contribution is -2.26. The van der Waals surface area contributed by atoms with Crippen molar-refractivity contribution in [2.75, 3.05) is 0 Å². The van der Waals surface area contributed by atoms with Gasteiger partial charge >= 0.3 is 0 Å². The van der Waals surface area contributed by atoms with Crippen LogP contribution in [-0.4, -0.2) is 16.0 Å². The van der Waals surface area contributed by atoms with Gasteiger partial charge in [0.2, 0.25) is 11.7 Å². The minimum atomic E-state index is -0.343. The van der Waals surface area contributed by atoms with Crippen LogP contribution in [0.5, 0.6) is 0 Å². The van der Waals surface area contributed by atoms with Crippen molar-refractivity contribution in [2.24, 2.45) is 0 Å². The third-order valence-electron chi connectivity index (χ3n) is 2.94. The second kappa shape index (κ2) is 5.88. The van der Waals surface area contributed by atoms with Crippen LogP contribution in [0.1, 0.15) is 28.5 Å². The average molecular weight is 299 g/mol. The van der Waals surface area contributed by atoms with E-state index >= 15 is 0 Å². The molecule has 0 aliphatic carbocycles. The number of nitrogens with one attached hydrogen (secondary N) is 1. The van der Waals surface area contributed by atoms with Gasteiger partial charge in [0.05, 0.1) is 4.88 Å². The number of nitrogens with zero attached hydrogens (tertiary/aromatic N) is 2. The number of aromatic nitrogens is 2. The molecule has 3 rings (SSSR count). The lowest BCUT2D eigenvalue weighted by Gasteiger charge is -2.07. The van der Waals surface area contributed by atoms with Gasteiger partial charge in [-0.3, -0.25) is 4.79 Å². The lowest BCUT2D eigenvalue weighted by molar-refractivity contribution is 0.0936. The van der Waals surface area contributed by atoms with E-state index in [1.54, 1.807) is 6.07 Å². The van der Waals surface area contributed by atoms with Gasteiger partial charge in [-0.15, -0.1) is 11.3 Å². The van der Waals surface area contributed by atoms with E-state index in [4.69, 9.17) is 4.52 Å². The monoisotopic (exact) mass is 299 g/mol. The number of carbonyl (C=O) groups is 1. The molecule has 21 heavy (non-hydrogen) atoms. The molecule has 2 aromatic heterocycles. The molecule has 2 heterocycles. The molecule has 0 aliphatic rings. The fraction of sp³-hybridized carbons (Fsp3) is 0.133. The van der Waals surface area contributed by atoms with E-state index in [1.807, 2.05) is 48.7 Å². The van der Waals surface area contributed by atoms with E-state index in [0.717, 1.165) is 5.56 Å². The van der Waals surface area contributed by atoms with Gasteiger partial charge in [-0.2, -0.15) is 4.98 Å². The summed E-state index contributed by atoms with van der Waals surface area (Å²) >= 11 is 1.39. The molecule has 0 bridgehead atoms. The van der Waals surface area contributed by atoms with E-state index in [2.05, 4.69) is 15.5 Å². The molecule has 1 aromatic carbocycles. The maximum Gasteiger partial charge on any atom is 0.261 e. The summed E-state index contributed by atoms with van der Waals surface area (Å²) in [5.74, 6) is 0.763. The van der Waals surface area contributed by atoms with Crippen molar-refractivity contribution in [2.45, 2.75) is 13.0 Å². The fourth-order valence-corrected chi connectivity index (χ4v) is 2.48. The van der Waals surface area contributed by atoms with Crippen LogP contribution >= 0.6 is 11.3 Å². The second-order valence-electron chi connectivity index (χ2n) is 4.49. The first-order chi connectivity index (χ1) is 10.2. The van der Waals surface area contributed by atoms with E-state index in [1.165, 1.54) is 11.3 Å². The first-order valence-corrected chi connectivity index (χ1v) is 7.35. The van der Waals surface area contributed by atoms with Crippen LogP contribution in [0.2, 0.25) is 0 Å². The minimum Gasteiger partial charge on any atom is -0.340 e. The summed E-state index contributed by atoms with van der Waals surface area (Å²) in [6.45, 7) is 1.81. The van der Waals surface area contributed by atoms with Crippen LogP contribution in [-0.2, 0) is 0 Å². The number of benzene rings is 1. The standard InChI is InChI=1S/C15H13N3O2S/c1-10(16-14(19)12-8-5-9-21-12)15-17-13(18-20-15)11-6-3-2-4-7-11/h2-10H,1H3,(H,16,19). The summed E-state index contributed by atoms with van der Waals surface area (Å²) in [4.78, 5) is 17.0. The highest BCUT2D eigenvalue weighted by molar-refractivity contribution is 7.12. The van der Waals surface area contributed by atoms with Gasteiger partial charge in [-0.05, 0) is 18.4 Å². The smallest absolute Gasteiger partial charge is 0.261 e. The van der Waals surface area contributed by atoms with Crippen LogP contribution in [0.4, 0.5) is 0 Å². The number of rotatable bonds is 4. The molecule has 1 amide bonds. The molecule has 0 saturated carbocycles. The van der Waals surface area contributed by atoms with Gasteiger partial charge in [0.15, 0.2) is 0 Å². The van der Waals surface area contributed by atoms with Crippen molar-refractivity contribution in [1.82, 2.24) is 15.5 Å². The Morgan fingerprint density at radius 2 is 2.05 bits per heavy atom. The molecule has 1 atom stereocenters. The van der Waals surface area contributed by atoms with Crippen LogP contribution in [0.3, 0.4) is 0 Å². The molecular weight excluding hydrogens is 286 g/mol. The number of hydrogen-bond donors (Lipinski definition) is 1. The average Bonchev–Trinajstić information content (AvgIpc) is 3.20. The lowest BCUT2D eigenvalue weighted by atomic mass is 10.2. The van der Waals surface area contributed by atoms with Crippen molar-refractivity contribution in [3.05, 3.63) is 58.6 Å². The Morgan fingerprint density at radius 1 is 1.24 bits per heavy atom. The van der Waals surface area contributed by atoms with E-state index < -0.39 is 0 Å². The number of hydrogen-bond acceptors (Lipinski definition) is 5. The molecule has 0 fully saturated rings. The van der Waals surface area contributed by atoms with E-state index in [-0.39, 0.29) is 11.9 Å². The molecule has 0 aliphatic heterocycles. The summed E-state index contributed by atoms with van der Waals surface area (Å²) < 4.78 is 5.23. The maximum absolute atomic E-state index is 12.0. The van der Waals surface area contributed by atoms with Gasteiger partial charge in [-0.25, -0.2) is 0 Å². The second-order valence-corrected chi connectivity index (χ2v) is 5.44. The van der Waals surface area contributed by atoms with Gasteiger partial charge in [0.1, 0.15) is 6.04 Å². The highest BCUT2D eigenvalue weighted by atomic mass is 32.1. The predicted octanol–water partition coefficient (Wildman–Crippen LogP) is 3.29. The minimum absolute atomic E-state index is 0.142. The third kappa shape index (κ3) is 3.00. The van der Waals surface area contributed by atoms with Crippen molar-refractivity contribution >= 4 is 17.2 Å². The van der Waals surface area contributed by atoms with Crippen molar-refractivity contribution in [3.63, 3.8) is 0 Å². The predicted molar refractivity (Wildman–Crippen MR) is 79.9 cm³/mol. The summed E-state index contributed by atoms with van der Waals surface area (Å²) in [7, 11) is 0. The summed E-state index contributed by atoms with van der Waals surface area (Å²) in [5, 5.41) is 8.64. The van der Waals surface area contributed by atoms with Crippen LogP contribution in [0.15, 0.2) is 52.4 Å². The molecule has 0 spiro atoms. The largest absolute Gasteiger partial charge is 0.340 e. The zero-order valence-corrected chi connectivity index (χ0v) is 12.1. The van der Waals surface area contributed by atoms with Crippen LogP contribution in [0, 0.1) is 0 Å². The van der Waals surface area contributed by atoms with Gasteiger partial charge < -0.3 is 9.84 Å². The number of thiophene rings is 1. The number of amides is 1. The molecule has 3 aromatic rings. The topological polar surface area (TPSA) is 68.0 Å². The highest BCUT2D eigenvalue weighted by Gasteiger charge is 2.18. The van der Waals surface area contributed by atoms with Crippen LogP contribution < -0.4 is 5.32 Å². The molecular formula is C15H13N3O2S. The summed E-state index contributed by atoms with van der Waals surface area (Å²) in [6, 6.07) is 12.8. The Hall–Kier alpha value is -2.47. The van der Waals surface area contributed by atoms with Gasteiger partial charge in [-0.1, -0.05) is 41.6 Å². The molecule has 0 radical (unpaired) electrons. The number of carbonyl (C=O) groups excluding carboxylic acids is 1. The fourth-order valence-electron chi connectivity index (χ4n) is 1.85. The molecule has 106 valence electrons. The Kier molecular flexibility index (Phi) is 3.79. The Morgan fingerprint density at radius 3 is 2.76 bits per heavy atom. The Balaban J connectivity index is 1.73.